The van der Waals surface area contributed by atoms with Crippen molar-refractivity contribution in [2.24, 2.45) is 11.3 Å². The zero-order valence-corrected chi connectivity index (χ0v) is 23.8. The lowest BCUT2D eigenvalue weighted by Gasteiger charge is -2.27. The van der Waals surface area contributed by atoms with E-state index >= 15 is 0 Å². The number of aromatic nitrogens is 3. The van der Waals surface area contributed by atoms with E-state index < -0.39 is 34.2 Å². The molecule has 0 aliphatic heterocycles. The van der Waals surface area contributed by atoms with E-state index in [0.717, 1.165) is 0 Å². The highest BCUT2D eigenvalue weighted by molar-refractivity contribution is 7.91. The Balaban J connectivity index is 1.85. The average molecular weight is 597 g/mol. The van der Waals surface area contributed by atoms with Gasteiger partial charge in [0.05, 0.1) is 21.5 Å². The first-order valence-electron chi connectivity index (χ1n) is 12.6. The number of rotatable bonds is 11. The quantitative estimate of drug-likeness (QED) is 0.349. The summed E-state index contributed by atoms with van der Waals surface area (Å²) in [6.07, 6.45) is 1.93. The van der Waals surface area contributed by atoms with Gasteiger partial charge in [-0.25, -0.2) is 17.2 Å². The molecule has 0 aromatic carbocycles. The number of aryl methyl sites for hydroxylation is 1. The van der Waals surface area contributed by atoms with Gasteiger partial charge in [0.25, 0.3) is 5.91 Å². The van der Waals surface area contributed by atoms with Crippen LogP contribution in [0, 0.1) is 11.3 Å². The van der Waals surface area contributed by atoms with Gasteiger partial charge in [0, 0.05) is 49.1 Å². The zero-order chi connectivity index (χ0) is 29.1. The number of hydrogen-bond donors (Lipinski definition) is 1. The number of carbonyl (C=O) groups excluding carboxylic acids is 1. The summed E-state index contributed by atoms with van der Waals surface area (Å²) < 4.78 is 82.9. The molecule has 2 aromatic heterocycles. The summed E-state index contributed by atoms with van der Waals surface area (Å²) in [6.45, 7) is 1.72. The molecule has 1 N–H and O–H groups in total. The lowest BCUT2D eigenvalue weighted by Crippen LogP contribution is -2.34. The predicted octanol–water partition coefficient (Wildman–Crippen LogP) is 5.39. The van der Waals surface area contributed by atoms with Crippen molar-refractivity contribution in [3.05, 3.63) is 28.7 Å². The molecule has 1 amide bonds. The average Bonchev–Trinajstić information content (AvgIpc) is 3.18. The van der Waals surface area contributed by atoms with E-state index in [0.29, 0.717) is 32.2 Å². The van der Waals surface area contributed by atoms with Gasteiger partial charge < -0.3 is 10.1 Å². The van der Waals surface area contributed by atoms with Gasteiger partial charge in [-0.15, -0.1) is 0 Å². The molecule has 8 nitrogen and oxygen atoms in total. The molecule has 0 unspecified atom stereocenters. The highest BCUT2D eigenvalue weighted by Gasteiger charge is 2.32. The molecular weight excluding hydrogens is 564 g/mol. The predicted molar refractivity (Wildman–Crippen MR) is 139 cm³/mol. The number of carbonyl (C=O) groups is 1. The number of amides is 1. The molecule has 2 aromatic rings. The van der Waals surface area contributed by atoms with Gasteiger partial charge in [-0.3, -0.25) is 14.5 Å². The SMILES string of the molecule is CCn1nc(C(=O)NCC2CCC(S(C)(=O)=O)CC2)c(Cl)c1-c1cnc(CC(C)(C)C(F)F)cc1OC(F)F. The van der Waals surface area contributed by atoms with Gasteiger partial charge in [-0.2, -0.15) is 13.9 Å². The molecule has 0 bridgehead atoms. The van der Waals surface area contributed by atoms with Gasteiger partial charge >= 0.3 is 6.61 Å². The molecular formula is C25H33ClF4N4O4S. The molecule has 218 valence electrons. The summed E-state index contributed by atoms with van der Waals surface area (Å²) in [5.41, 5.74) is -1.28. The van der Waals surface area contributed by atoms with Crippen molar-refractivity contribution in [2.75, 3.05) is 12.8 Å². The molecule has 1 aliphatic carbocycles. The minimum atomic E-state index is -3.21. The molecule has 39 heavy (non-hydrogen) atoms. The fraction of sp³-hybridized carbons (Fsp3) is 0.640. The Bertz CT molecular complexity index is 1280. The van der Waals surface area contributed by atoms with Crippen LogP contribution in [0.2, 0.25) is 5.02 Å². The minimum Gasteiger partial charge on any atom is -0.434 e. The molecule has 1 fully saturated rings. The topological polar surface area (TPSA) is 103 Å². The summed E-state index contributed by atoms with van der Waals surface area (Å²) in [5.74, 6) is -0.803. The Kier molecular flexibility index (Phi) is 9.90. The summed E-state index contributed by atoms with van der Waals surface area (Å²) in [5, 5.41) is 6.58. The van der Waals surface area contributed by atoms with E-state index in [1.165, 1.54) is 37.0 Å². The molecule has 1 saturated carbocycles. The zero-order valence-electron chi connectivity index (χ0n) is 22.2. The second-order valence-corrected chi connectivity index (χ2v) is 13.2. The van der Waals surface area contributed by atoms with Gasteiger partial charge in [-0.05, 0) is 38.5 Å². The highest BCUT2D eigenvalue weighted by atomic mass is 35.5. The van der Waals surface area contributed by atoms with E-state index in [1.54, 1.807) is 6.92 Å². The third-order valence-corrected chi connectivity index (χ3v) is 9.02. The molecule has 14 heteroatoms. The smallest absolute Gasteiger partial charge is 0.387 e. The van der Waals surface area contributed by atoms with Crippen LogP contribution in [0.15, 0.2) is 12.3 Å². The molecule has 0 atom stereocenters. The number of pyridine rings is 1. The fourth-order valence-electron chi connectivity index (χ4n) is 4.65. The Morgan fingerprint density at radius 3 is 2.41 bits per heavy atom. The molecule has 3 rings (SSSR count). The second kappa shape index (κ2) is 12.4. The summed E-state index contributed by atoms with van der Waals surface area (Å²) in [6, 6.07) is 1.17. The maximum atomic E-state index is 13.4. The third-order valence-electron chi connectivity index (χ3n) is 6.98. The van der Waals surface area contributed by atoms with Crippen LogP contribution in [0.1, 0.15) is 62.6 Å². The maximum absolute atomic E-state index is 13.4. The maximum Gasteiger partial charge on any atom is 0.387 e. The van der Waals surface area contributed by atoms with Crippen LogP contribution in [-0.2, 0) is 22.8 Å². The molecule has 2 heterocycles. The molecule has 0 radical (unpaired) electrons. The van der Waals surface area contributed by atoms with E-state index in [9.17, 15) is 30.8 Å². The van der Waals surface area contributed by atoms with Gasteiger partial charge in [0.15, 0.2) is 5.69 Å². The summed E-state index contributed by atoms with van der Waals surface area (Å²) in [7, 11) is -3.10. The van der Waals surface area contributed by atoms with Gasteiger partial charge in [0.1, 0.15) is 15.6 Å². The lowest BCUT2D eigenvalue weighted by atomic mass is 9.88. The monoisotopic (exact) mass is 596 g/mol. The van der Waals surface area contributed by atoms with Crippen LogP contribution in [0.5, 0.6) is 5.75 Å². The van der Waals surface area contributed by atoms with E-state index in [4.69, 9.17) is 16.3 Å². The highest BCUT2D eigenvalue weighted by Crippen LogP contribution is 2.39. The lowest BCUT2D eigenvalue weighted by molar-refractivity contribution is -0.0496. The van der Waals surface area contributed by atoms with Crippen LogP contribution < -0.4 is 10.1 Å². The van der Waals surface area contributed by atoms with Gasteiger partial charge in [0.2, 0.25) is 6.43 Å². The van der Waals surface area contributed by atoms with Crippen LogP contribution in [0.25, 0.3) is 11.3 Å². The third kappa shape index (κ3) is 7.62. The summed E-state index contributed by atoms with van der Waals surface area (Å²) in [4.78, 5) is 17.2. The first kappa shape index (κ1) is 31.1. The fourth-order valence-corrected chi connectivity index (χ4v) is 6.10. The molecule has 0 spiro atoms. The minimum absolute atomic E-state index is 0.0337. The van der Waals surface area contributed by atoms with Crippen molar-refractivity contribution in [1.82, 2.24) is 20.1 Å². The van der Waals surface area contributed by atoms with Crippen LogP contribution >= 0.6 is 11.6 Å². The summed E-state index contributed by atoms with van der Waals surface area (Å²) >= 11 is 6.54. The van der Waals surface area contributed by atoms with Crippen molar-refractivity contribution in [2.45, 2.75) is 77.7 Å². The Morgan fingerprint density at radius 1 is 1.23 bits per heavy atom. The number of halogens is 5. The van der Waals surface area contributed by atoms with Crippen molar-refractivity contribution in [3.63, 3.8) is 0 Å². The normalized spacial score (nSPS) is 18.5. The molecule has 1 aliphatic rings. The number of nitrogens with zero attached hydrogens (tertiary/aromatic N) is 3. The number of ether oxygens (including phenoxy) is 1. The first-order chi connectivity index (χ1) is 18.1. The van der Waals surface area contributed by atoms with Gasteiger partial charge in [-0.1, -0.05) is 25.4 Å². The van der Waals surface area contributed by atoms with Crippen molar-refractivity contribution >= 4 is 27.3 Å². The second-order valence-electron chi connectivity index (χ2n) is 10.5. The van der Waals surface area contributed by atoms with Crippen LogP contribution in [0.4, 0.5) is 17.6 Å². The van der Waals surface area contributed by atoms with E-state index in [2.05, 4.69) is 15.4 Å². The van der Waals surface area contributed by atoms with E-state index in [-0.39, 0.29) is 57.6 Å². The number of alkyl halides is 4. The molecule has 0 saturated heterocycles. The Hall–Kier alpha value is -2.41. The number of sulfone groups is 1. The largest absolute Gasteiger partial charge is 0.434 e. The standard InChI is InChI=1S/C25H33ClF4N4O4S/c1-5-34-21(17-13-31-15(10-18(17)38-24(29)30)11-25(2,3)23(27)28)19(26)20(33-34)22(35)32-12-14-6-8-16(9-7-14)39(4,36)37/h10,13-14,16,23-24H,5-9,11-12H2,1-4H3,(H,32,35). The first-order valence-corrected chi connectivity index (χ1v) is 14.9. The van der Waals surface area contributed by atoms with Crippen molar-refractivity contribution in [1.29, 1.82) is 0 Å². The van der Waals surface area contributed by atoms with Crippen LogP contribution in [0.3, 0.4) is 0 Å². The van der Waals surface area contributed by atoms with Crippen molar-refractivity contribution in [3.8, 4) is 17.0 Å². The number of nitrogens with one attached hydrogen (secondary N) is 1. The van der Waals surface area contributed by atoms with Crippen LogP contribution in [-0.4, -0.2) is 60.2 Å². The van der Waals surface area contributed by atoms with Crippen molar-refractivity contribution < 1.29 is 35.5 Å². The van der Waals surface area contributed by atoms with E-state index in [1.807, 2.05) is 0 Å². The number of hydrogen-bond acceptors (Lipinski definition) is 6. The Morgan fingerprint density at radius 2 is 1.87 bits per heavy atom. The Labute approximate surface area is 230 Å².